The molecular weight excluding hydrogens is 584 g/mol. The van der Waals surface area contributed by atoms with Crippen molar-refractivity contribution in [2.45, 2.75) is 57.8 Å². The molecule has 2 fully saturated rings. The lowest BCUT2D eigenvalue weighted by Gasteiger charge is -2.35. The van der Waals surface area contributed by atoms with Crippen molar-refractivity contribution in [2.75, 3.05) is 43.9 Å². The second-order valence-corrected chi connectivity index (χ2v) is 12.3. The first-order chi connectivity index (χ1) is 22.3. The van der Waals surface area contributed by atoms with Gasteiger partial charge in [-0.15, -0.1) is 0 Å². The molecule has 3 amide bonds. The third-order valence-corrected chi connectivity index (χ3v) is 8.93. The highest BCUT2D eigenvalue weighted by atomic mass is 16.5. The van der Waals surface area contributed by atoms with Crippen molar-refractivity contribution >= 4 is 29.3 Å². The highest BCUT2D eigenvalue weighted by Gasteiger charge is 2.37. The molecule has 3 N–H and O–H groups in total. The van der Waals surface area contributed by atoms with E-state index in [0.29, 0.717) is 24.6 Å². The number of likely N-dealkylation sites (tertiary alicyclic amines) is 2. The molecule has 2 unspecified atom stereocenters. The summed E-state index contributed by atoms with van der Waals surface area (Å²) in [7, 11) is 1.54. The smallest absolute Gasteiger partial charge is 0.323 e. The summed E-state index contributed by atoms with van der Waals surface area (Å²) in [6.45, 7) is 5.32. The summed E-state index contributed by atoms with van der Waals surface area (Å²) in [4.78, 5) is 42.0. The fourth-order valence-corrected chi connectivity index (χ4v) is 6.39. The third kappa shape index (κ3) is 9.08. The lowest BCUT2D eigenvalue weighted by Crippen LogP contribution is -2.46. The highest BCUT2D eigenvalue weighted by Crippen LogP contribution is 2.29. The Morgan fingerprint density at radius 2 is 1.63 bits per heavy atom. The number of aryl methyl sites for hydroxylation is 1. The minimum absolute atomic E-state index is 0.00253. The number of nitrogens with one attached hydrogen (secondary N) is 2. The van der Waals surface area contributed by atoms with Crippen LogP contribution in [0, 0.1) is 12.8 Å². The average Bonchev–Trinajstić information content (AvgIpc) is 3.45. The van der Waals surface area contributed by atoms with Gasteiger partial charge in [-0.25, -0.2) is 4.79 Å². The van der Waals surface area contributed by atoms with E-state index in [4.69, 9.17) is 9.47 Å². The lowest BCUT2D eigenvalue weighted by molar-refractivity contribution is -0.138. The molecule has 0 aliphatic carbocycles. The second-order valence-electron chi connectivity index (χ2n) is 12.3. The first kappa shape index (κ1) is 33.0. The summed E-state index contributed by atoms with van der Waals surface area (Å²) >= 11 is 0. The van der Waals surface area contributed by atoms with Crippen LogP contribution in [0.4, 0.5) is 16.2 Å². The maximum atomic E-state index is 13.8. The van der Waals surface area contributed by atoms with Gasteiger partial charge in [0.15, 0.2) is 0 Å². The van der Waals surface area contributed by atoms with E-state index in [0.717, 1.165) is 61.3 Å². The quantitative estimate of drug-likeness (QED) is 0.240. The van der Waals surface area contributed by atoms with Gasteiger partial charge in [0.05, 0.1) is 31.9 Å². The molecule has 2 aliphatic rings. The number of aliphatic carboxylic acids is 1. The number of urea groups is 1. The monoisotopic (exact) mass is 628 g/mol. The molecule has 46 heavy (non-hydrogen) atoms. The number of carboxylic acids is 1. The molecule has 5 rings (SSSR count). The van der Waals surface area contributed by atoms with Gasteiger partial charge in [0.2, 0.25) is 5.91 Å². The van der Waals surface area contributed by atoms with Crippen LogP contribution in [0.1, 0.15) is 42.4 Å². The zero-order chi connectivity index (χ0) is 32.5. The number of anilines is 2. The molecule has 2 heterocycles. The van der Waals surface area contributed by atoms with Gasteiger partial charge in [0.25, 0.3) is 0 Å². The van der Waals surface area contributed by atoms with E-state index in [-0.39, 0.29) is 42.8 Å². The number of carboxylic acid groups (broad SMARTS) is 1. The maximum absolute atomic E-state index is 13.8. The predicted octanol–water partition coefficient (Wildman–Crippen LogP) is 5.56. The van der Waals surface area contributed by atoms with Gasteiger partial charge < -0.3 is 35.0 Å². The average molecular weight is 629 g/mol. The molecule has 0 radical (unpaired) electrons. The summed E-state index contributed by atoms with van der Waals surface area (Å²) in [6, 6.07) is 22.6. The molecule has 10 nitrogen and oxygen atoms in total. The Morgan fingerprint density at radius 1 is 0.913 bits per heavy atom. The number of para-hydroxylation sites is 1. The van der Waals surface area contributed by atoms with Crippen LogP contribution in [0.15, 0.2) is 72.8 Å². The second kappa shape index (κ2) is 15.7. The van der Waals surface area contributed by atoms with Crippen LogP contribution in [0.25, 0.3) is 0 Å². The summed E-state index contributed by atoms with van der Waals surface area (Å²) in [6.07, 6.45) is 2.77. The lowest BCUT2D eigenvalue weighted by atomic mass is 9.93. The van der Waals surface area contributed by atoms with Crippen molar-refractivity contribution in [3.05, 3.63) is 89.5 Å². The first-order valence-corrected chi connectivity index (χ1v) is 16.0. The highest BCUT2D eigenvalue weighted by molar-refractivity contribution is 6.01. The van der Waals surface area contributed by atoms with Gasteiger partial charge in [-0.2, -0.15) is 0 Å². The van der Waals surface area contributed by atoms with Crippen molar-refractivity contribution in [1.82, 2.24) is 9.80 Å². The number of carbonyl (C=O) groups excluding carboxylic acids is 2. The van der Waals surface area contributed by atoms with Gasteiger partial charge in [0.1, 0.15) is 5.75 Å². The largest absolute Gasteiger partial charge is 0.495 e. The summed E-state index contributed by atoms with van der Waals surface area (Å²) < 4.78 is 11.9. The number of nitrogens with zero attached hydrogens (tertiary/aromatic N) is 2. The summed E-state index contributed by atoms with van der Waals surface area (Å²) in [5.41, 5.74) is 4.06. The van der Waals surface area contributed by atoms with Gasteiger partial charge >= 0.3 is 12.0 Å². The van der Waals surface area contributed by atoms with Crippen molar-refractivity contribution in [3.63, 3.8) is 0 Å². The van der Waals surface area contributed by atoms with E-state index in [1.54, 1.807) is 12.1 Å². The Labute approximate surface area is 270 Å². The molecule has 2 saturated heterocycles. The van der Waals surface area contributed by atoms with Crippen molar-refractivity contribution in [1.29, 1.82) is 0 Å². The number of piperidine rings is 1. The van der Waals surface area contributed by atoms with Crippen LogP contribution in [0.3, 0.4) is 0 Å². The van der Waals surface area contributed by atoms with Crippen LogP contribution in [0.2, 0.25) is 0 Å². The SMILES string of the molecule is COc1cc(CC(=O)N2CC(OCc3ccccc3)CC2CN2CCC(CC(=O)O)CC2)ccc1NC(=O)Nc1ccccc1C. The van der Waals surface area contributed by atoms with Crippen LogP contribution >= 0.6 is 0 Å². The molecule has 2 atom stereocenters. The molecule has 3 aromatic carbocycles. The minimum atomic E-state index is -0.740. The van der Waals surface area contributed by atoms with Gasteiger partial charge in [-0.3, -0.25) is 9.59 Å². The van der Waals surface area contributed by atoms with E-state index in [2.05, 4.69) is 15.5 Å². The fourth-order valence-electron chi connectivity index (χ4n) is 6.39. The predicted molar refractivity (Wildman–Crippen MR) is 177 cm³/mol. The standard InChI is InChI=1S/C36H44N4O6/c1-25-8-6-7-11-31(25)37-36(44)38-32-13-12-28(18-33(32)45-2)19-34(41)40-23-30(46-24-27-9-4-3-5-10-27)21-29(40)22-39-16-14-26(15-17-39)20-35(42)43/h3-13,18,26,29-30H,14-17,19-24H2,1-2H3,(H,42,43)(H2,37,38,44). The van der Waals surface area contributed by atoms with E-state index < -0.39 is 5.97 Å². The summed E-state index contributed by atoms with van der Waals surface area (Å²) in [5.74, 6) is -0.0541. The van der Waals surface area contributed by atoms with Crippen LogP contribution in [-0.2, 0) is 27.4 Å². The normalized spacial score (nSPS) is 18.7. The molecule has 0 bridgehead atoms. The number of benzene rings is 3. The molecule has 244 valence electrons. The number of hydrogen-bond acceptors (Lipinski definition) is 6. The molecule has 10 heteroatoms. The Morgan fingerprint density at radius 3 is 2.35 bits per heavy atom. The number of carbonyl (C=O) groups is 3. The number of amides is 3. The zero-order valence-corrected chi connectivity index (χ0v) is 26.6. The van der Waals surface area contributed by atoms with Crippen LogP contribution < -0.4 is 15.4 Å². The molecular formula is C36H44N4O6. The van der Waals surface area contributed by atoms with E-state index in [9.17, 15) is 19.5 Å². The Bertz CT molecular complexity index is 1490. The van der Waals surface area contributed by atoms with Crippen LogP contribution in [-0.4, -0.2) is 78.2 Å². The molecule has 2 aliphatic heterocycles. The van der Waals surface area contributed by atoms with Crippen LogP contribution in [0.5, 0.6) is 5.75 Å². The topological polar surface area (TPSA) is 120 Å². The molecule has 0 spiro atoms. The van der Waals surface area contributed by atoms with E-state index >= 15 is 0 Å². The molecule has 0 aromatic heterocycles. The molecule has 3 aromatic rings. The maximum Gasteiger partial charge on any atom is 0.323 e. The number of hydrogen-bond donors (Lipinski definition) is 3. The Kier molecular flexibility index (Phi) is 11.3. The molecule has 0 saturated carbocycles. The Hall–Kier alpha value is -4.41. The number of methoxy groups -OCH3 is 1. The summed E-state index contributed by atoms with van der Waals surface area (Å²) in [5, 5.41) is 14.9. The van der Waals surface area contributed by atoms with Crippen molar-refractivity contribution < 1.29 is 29.0 Å². The minimum Gasteiger partial charge on any atom is -0.495 e. The number of ether oxygens (including phenoxy) is 2. The number of rotatable bonds is 12. The fraction of sp³-hybridized carbons (Fsp3) is 0.417. The van der Waals surface area contributed by atoms with Crippen molar-refractivity contribution in [2.24, 2.45) is 5.92 Å². The third-order valence-electron chi connectivity index (χ3n) is 8.93. The zero-order valence-electron chi connectivity index (χ0n) is 26.6. The van der Waals surface area contributed by atoms with Gasteiger partial charge in [-0.1, -0.05) is 54.6 Å². The van der Waals surface area contributed by atoms with Gasteiger partial charge in [-0.05, 0) is 80.1 Å². The first-order valence-electron chi connectivity index (χ1n) is 16.0. The van der Waals surface area contributed by atoms with E-state index in [1.165, 1.54) is 7.11 Å². The van der Waals surface area contributed by atoms with Crippen molar-refractivity contribution in [3.8, 4) is 5.75 Å². The van der Waals surface area contributed by atoms with Gasteiger partial charge in [0, 0.05) is 31.2 Å². The van der Waals surface area contributed by atoms with E-state index in [1.807, 2.05) is 72.5 Å². The Balaban J connectivity index is 1.23.